The third-order valence-electron chi connectivity index (χ3n) is 0.905. The first kappa shape index (κ1) is 8.77. The van der Waals surface area contributed by atoms with E-state index in [0.29, 0.717) is 9.34 Å². The predicted octanol–water partition coefficient (Wildman–Crippen LogP) is 2.07. The first-order chi connectivity index (χ1) is 5.18. The maximum Gasteiger partial charge on any atom is 0.137 e. The Kier molecular flexibility index (Phi) is 3.11. The zero-order chi connectivity index (χ0) is 8.27. The number of nitrogens with two attached hydrogens (primary N) is 1. The van der Waals surface area contributed by atoms with Gasteiger partial charge in [0.1, 0.15) is 9.35 Å². The first-order valence-electron chi connectivity index (χ1n) is 2.77. The monoisotopic (exact) mass is 204 g/mol. The molecule has 2 nitrogen and oxygen atoms in total. The molecule has 0 aliphatic carbocycles. The Morgan fingerprint density at radius 1 is 1.64 bits per heavy atom. The minimum Gasteiger partial charge on any atom is -0.384 e. The topological polar surface area (TPSA) is 38.9 Å². The van der Waals surface area contributed by atoms with Crippen molar-refractivity contribution < 1.29 is 0 Å². The molecule has 0 aromatic carbocycles. The zero-order valence-electron chi connectivity index (χ0n) is 5.45. The Labute approximate surface area is 79.1 Å². The molecule has 11 heavy (non-hydrogen) atoms. The maximum absolute atomic E-state index is 5.61. The molecule has 0 unspecified atom stereocenters. The number of pyridine rings is 1. The second kappa shape index (κ2) is 3.90. The molecule has 0 saturated heterocycles. The van der Waals surface area contributed by atoms with Crippen LogP contribution in [0.5, 0.6) is 0 Å². The second-order valence-corrected chi connectivity index (χ2v) is 3.93. The molecule has 0 saturated carbocycles. The van der Waals surface area contributed by atoms with E-state index in [9.17, 15) is 0 Å². The van der Waals surface area contributed by atoms with Gasteiger partial charge in [-0.15, -0.1) is 0 Å². The third-order valence-corrected chi connectivity index (χ3v) is 2.03. The highest BCUT2D eigenvalue weighted by Gasteiger charge is 1.96. The molecule has 58 valence electrons. The third kappa shape index (κ3) is 3.05. The summed E-state index contributed by atoms with van der Waals surface area (Å²) in [5.74, 6) is 0. The van der Waals surface area contributed by atoms with E-state index >= 15 is 0 Å². The molecule has 0 amide bonds. The zero-order valence-corrected chi connectivity index (χ0v) is 7.84. The van der Waals surface area contributed by atoms with E-state index in [0.717, 1.165) is 5.03 Å². The number of thioether (sulfide) groups is 1. The van der Waals surface area contributed by atoms with Crippen LogP contribution in [0.2, 0.25) is 5.02 Å². The van der Waals surface area contributed by atoms with Crippen molar-refractivity contribution in [1.82, 2.24) is 4.98 Å². The van der Waals surface area contributed by atoms with Crippen molar-refractivity contribution in [2.24, 2.45) is 5.73 Å². The van der Waals surface area contributed by atoms with Gasteiger partial charge in [-0.2, -0.15) is 0 Å². The smallest absolute Gasteiger partial charge is 0.137 e. The van der Waals surface area contributed by atoms with Crippen LogP contribution in [0.25, 0.3) is 0 Å². The summed E-state index contributed by atoms with van der Waals surface area (Å²) in [6.07, 6.45) is 1.56. The van der Waals surface area contributed by atoms with Crippen LogP contribution < -0.4 is 5.73 Å². The average molecular weight is 205 g/mol. The molecule has 1 rings (SSSR count). The van der Waals surface area contributed by atoms with E-state index in [1.54, 1.807) is 18.3 Å². The van der Waals surface area contributed by atoms with E-state index in [4.69, 9.17) is 17.3 Å². The van der Waals surface area contributed by atoms with E-state index in [-0.39, 0.29) is 0 Å². The Morgan fingerprint density at radius 3 is 2.82 bits per heavy atom. The molecule has 5 heteroatoms. The highest BCUT2D eigenvalue weighted by molar-refractivity contribution is 8.22. The quantitative estimate of drug-likeness (QED) is 0.562. The fourth-order valence-corrected chi connectivity index (χ4v) is 1.34. The summed E-state index contributed by atoms with van der Waals surface area (Å²) >= 11 is 11.5. The highest BCUT2D eigenvalue weighted by Crippen LogP contribution is 2.16. The van der Waals surface area contributed by atoms with Crippen LogP contribution in [-0.4, -0.2) is 9.30 Å². The lowest BCUT2D eigenvalue weighted by Crippen LogP contribution is -2.01. The normalized spacial score (nSPS) is 9.55. The molecule has 1 heterocycles. The lowest BCUT2D eigenvalue weighted by Gasteiger charge is -1.95. The van der Waals surface area contributed by atoms with Crippen LogP contribution in [0.15, 0.2) is 23.4 Å². The van der Waals surface area contributed by atoms with Gasteiger partial charge in [0.2, 0.25) is 0 Å². The minimum absolute atomic E-state index is 0.361. The van der Waals surface area contributed by atoms with Crippen molar-refractivity contribution in [1.29, 1.82) is 0 Å². The number of rotatable bonds is 1. The maximum atomic E-state index is 5.61. The van der Waals surface area contributed by atoms with Crippen LogP contribution in [-0.2, 0) is 0 Å². The van der Waals surface area contributed by atoms with Gasteiger partial charge in [0.05, 0.1) is 5.02 Å². The van der Waals surface area contributed by atoms with Gasteiger partial charge in [0.15, 0.2) is 0 Å². The second-order valence-electron chi connectivity index (χ2n) is 1.74. The first-order valence-corrected chi connectivity index (χ1v) is 4.37. The molecule has 0 radical (unpaired) electrons. The fourth-order valence-electron chi connectivity index (χ4n) is 0.526. The fraction of sp³-hybridized carbons (Fsp3) is 0. The molecular weight excluding hydrogens is 200 g/mol. The molecule has 0 fully saturated rings. The molecule has 1 aromatic rings. The number of nitrogens with zero attached hydrogens (tertiary/aromatic N) is 1. The van der Waals surface area contributed by atoms with E-state index < -0.39 is 0 Å². The van der Waals surface area contributed by atoms with Crippen molar-refractivity contribution >= 4 is 39.9 Å². The highest BCUT2D eigenvalue weighted by atomic mass is 35.5. The number of halogens is 1. The van der Waals surface area contributed by atoms with Gasteiger partial charge in [0.25, 0.3) is 0 Å². The SMILES string of the molecule is NC(=S)Sc1ccc(Cl)cn1. The van der Waals surface area contributed by atoms with Crippen LogP contribution in [0.4, 0.5) is 0 Å². The lowest BCUT2D eigenvalue weighted by atomic mass is 10.5. The molecule has 0 aliphatic heterocycles. The minimum atomic E-state index is 0.361. The Bertz CT molecular complexity index is 260. The predicted molar refractivity (Wildman–Crippen MR) is 51.9 cm³/mol. The van der Waals surface area contributed by atoms with Crippen molar-refractivity contribution in [3.8, 4) is 0 Å². The largest absolute Gasteiger partial charge is 0.384 e. The average Bonchev–Trinajstić information content (AvgIpc) is 1.93. The standard InChI is InChI=1S/C6H5ClN2S2/c7-4-1-2-5(9-3-4)11-6(8)10/h1-3H,(H2,8,10). The number of aromatic nitrogens is 1. The lowest BCUT2D eigenvalue weighted by molar-refractivity contribution is 1.14. The van der Waals surface area contributed by atoms with Crippen molar-refractivity contribution in [2.45, 2.75) is 5.03 Å². The summed E-state index contributed by atoms with van der Waals surface area (Å²) in [4.78, 5) is 3.98. The van der Waals surface area contributed by atoms with Gasteiger partial charge < -0.3 is 5.73 Å². The molecular formula is C6H5ClN2S2. The van der Waals surface area contributed by atoms with Gasteiger partial charge >= 0.3 is 0 Å². The van der Waals surface area contributed by atoms with Crippen molar-refractivity contribution in [3.05, 3.63) is 23.4 Å². The van der Waals surface area contributed by atoms with Crippen LogP contribution >= 0.6 is 35.6 Å². The van der Waals surface area contributed by atoms with E-state index in [1.165, 1.54) is 11.8 Å². The molecule has 0 bridgehead atoms. The van der Waals surface area contributed by atoms with Gasteiger partial charge in [-0.25, -0.2) is 4.98 Å². The summed E-state index contributed by atoms with van der Waals surface area (Å²) in [6, 6.07) is 3.52. The summed E-state index contributed by atoms with van der Waals surface area (Å²) in [7, 11) is 0. The van der Waals surface area contributed by atoms with E-state index in [2.05, 4.69) is 17.2 Å². The van der Waals surface area contributed by atoms with Crippen LogP contribution in [0.3, 0.4) is 0 Å². The van der Waals surface area contributed by atoms with E-state index in [1.807, 2.05) is 0 Å². The Balaban J connectivity index is 2.74. The Morgan fingerprint density at radius 2 is 2.36 bits per heavy atom. The molecule has 0 spiro atoms. The summed E-state index contributed by atoms with van der Waals surface area (Å²) < 4.78 is 0.361. The molecule has 2 N–H and O–H groups in total. The summed E-state index contributed by atoms with van der Waals surface area (Å²) in [5.41, 5.74) is 5.28. The molecule has 0 aliphatic rings. The van der Waals surface area contributed by atoms with Crippen LogP contribution in [0.1, 0.15) is 0 Å². The number of thiocarbonyl (C=S) groups is 1. The van der Waals surface area contributed by atoms with Gasteiger partial charge in [0, 0.05) is 6.20 Å². The van der Waals surface area contributed by atoms with Gasteiger partial charge in [-0.1, -0.05) is 23.8 Å². The molecule has 0 atom stereocenters. The summed E-state index contributed by atoms with van der Waals surface area (Å²) in [6.45, 7) is 0. The number of hydrogen-bond acceptors (Lipinski definition) is 3. The van der Waals surface area contributed by atoms with Gasteiger partial charge in [-0.05, 0) is 23.9 Å². The Hall–Kier alpha value is -0.320. The number of hydrogen-bond donors (Lipinski definition) is 1. The molecule has 1 aromatic heterocycles. The van der Waals surface area contributed by atoms with Gasteiger partial charge in [-0.3, -0.25) is 0 Å². The van der Waals surface area contributed by atoms with Crippen molar-refractivity contribution in [3.63, 3.8) is 0 Å². The summed E-state index contributed by atoms with van der Waals surface area (Å²) in [5, 5.41) is 1.37. The van der Waals surface area contributed by atoms with Crippen LogP contribution in [0, 0.1) is 0 Å². The van der Waals surface area contributed by atoms with Crippen molar-refractivity contribution in [2.75, 3.05) is 0 Å².